The van der Waals surface area contributed by atoms with Gasteiger partial charge in [-0.3, -0.25) is 4.79 Å². The summed E-state index contributed by atoms with van der Waals surface area (Å²) in [5.74, 6) is 1.33. The molecule has 0 amide bonds. The van der Waals surface area contributed by atoms with Crippen LogP contribution < -0.4 is 10.3 Å². The summed E-state index contributed by atoms with van der Waals surface area (Å²) in [6, 6.07) is 0. The van der Waals surface area contributed by atoms with Gasteiger partial charge >= 0.3 is 0 Å². The van der Waals surface area contributed by atoms with E-state index in [-0.39, 0.29) is 5.56 Å². The van der Waals surface area contributed by atoms with E-state index in [1.54, 1.807) is 20.2 Å². The van der Waals surface area contributed by atoms with Crippen molar-refractivity contribution in [2.75, 3.05) is 7.11 Å². The molecule has 3 rings (SSSR count). The van der Waals surface area contributed by atoms with Gasteiger partial charge in [-0.05, 0) is 19.8 Å². The second kappa shape index (κ2) is 4.46. The molecule has 6 nitrogen and oxygen atoms in total. The molecule has 19 heavy (non-hydrogen) atoms. The lowest BCUT2D eigenvalue weighted by Gasteiger charge is -2.10. The molecule has 6 heteroatoms. The van der Waals surface area contributed by atoms with Crippen molar-refractivity contribution in [2.45, 2.75) is 25.7 Å². The number of hydrogen-bond donors (Lipinski definition) is 1. The predicted molar refractivity (Wildman–Crippen MR) is 69.1 cm³/mol. The molecule has 0 unspecified atom stereocenters. The van der Waals surface area contributed by atoms with E-state index in [0.717, 1.165) is 18.5 Å². The Labute approximate surface area is 109 Å². The molecule has 0 spiro atoms. The van der Waals surface area contributed by atoms with Gasteiger partial charge in [0.05, 0.1) is 12.8 Å². The van der Waals surface area contributed by atoms with Crippen LogP contribution >= 0.6 is 0 Å². The van der Waals surface area contributed by atoms with Crippen LogP contribution in [-0.4, -0.2) is 27.0 Å². The zero-order valence-corrected chi connectivity index (χ0v) is 10.8. The van der Waals surface area contributed by atoms with Crippen LogP contribution in [0, 0.1) is 6.92 Å². The van der Waals surface area contributed by atoms with Crippen molar-refractivity contribution in [1.82, 2.24) is 19.9 Å². The van der Waals surface area contributed by atoms with Gasteiger partial charge in [0, 0.05) is 17.7 Å². The molecule has 0 atom stereocenters. The zero-order chi connectivity index (χ0) is 13.4. The predicted octanol–water partition coefficient (Wildman–Crippen LogP) is 1.42. The highest BCUT2D eigenvalue weighted by atomic mass is 16.5. The van der Waals surface area contributed by atoms with E-state index < -0.39 is 0 Å². The third kappa shape index (κ3) is 2.09. The Morgan fingerprint density at radius 2 is 2.11 bits per heavy atom. The van der Waals surface area contributed by atoms with Gasteiger partial charge in [0.2, 0.25) is 5.88 Å². The lowest BCUT2D eigenvalue weighted by molar-refractivity contribution is 0.397. The maximum absolute atomic E-state index is 11.7. The number of aromatic amines is 1. The van der Waals surface area contributed by atoms with Crippen molar-refractivity contribution >= 4 is 0 Å². The fraction of sp³-hybridized carbons (Fsp3) is 0.385. The van der Waals surface area contributed by atoms with Gasteiger partial charge < -0.3 is 9.72 Å². The Hall–Kier alpha value is -2.24. The minimum absolute atomic E-state index is 0.155. The molecule has 1 saturated carbocycles. The van der Waals surface area contributed by atoms with Crippen molar-refractivity contribution in [3.05, 3.63) is 34.1 Å². The molecule has 2 heterocycles. The molecule has 0 bridgehead atoms. The number of aryl methyl sites for hydroxylation is 1. The molecule has 1 fully saturated rings. The Morgan fingerprint density at radius 3 is 2.74 bits per heavy atom. The lowest BCUT2D eigenvalue weighted by Crippen LogP contribution is -2.13. The van der Waals surface area contributed by atoms with Crippen LogP contribution in [0.2, 0.25) is 0 Å². The molecular formula is C13H14N4O2. The van der Waals surface area contributed by atoms with Crippen LogP contribution in [0.5, 0.6) is 5.88 Å². The monoisotopic (exact) mass is 258 g/mol. The number of aromatic nitrogens is 4. The van der Waals surface area contributed by atoms with E-state index in [1.165, 1.54) is 6.33 Å². The molecule has 1 aliphatic carbocycles. The molecule has 2 aromatic heterocycles. The highest BCUT2D eigenvalue weighted by Gasteiger charge is 2.31. The molecule has 2 aromatic rings. The van der Waals surface area contributed by atoms with Crippen molar-refractivity contribution in [3.63, 3.8) is 0 Å². The smallest absolute Gasteiger partial charge is 0.254 e. The van der Waals surface area contributed by atoms with E-state index in [0.29, 0.717) is 28.7 Å². The third-order valence-electron chi connectivity index (χ3n) is 3.21. The topological polar surface area (TPSA) is 80.8 Å². The summed E-state index contributed by atoms with van der Waals surface area (Å²) < 4.78 is 5.28. The van der Waals surface area contributed by atoms with Crippen LogP contribution in [0.15, 0.2) is 17.3 Å². The largest absolute Gasteiger partial charge is 0.480 e. The molecule has 0 aliphatic heterocycles. The minimum atomic E-state index is -0.155. The van der Waals surface area contributed by atoms with Crippen molar-refractivity contribution < 1.29 is 4.74 Å². The number of methoxy groups -OCH3 is 1. The number of H-pyrrole nitrogens is 1. The summed E-state index contributed by atoms with van der Waals surface area (Å²) in [7, 11) is 1.55. The summed E-state index contributed by atoms with van der Waals surface area (Å²) in [4.78, 5) is 27.2. The first-order valence-electron chi connectivity index (χ1n) is 6.16. The lowest BCUT2D eigenvalue weighted by atomic mass is 10.1. The summed E-state index contributed by atoms with van der Waals surface area (Å²) in [5.41, 5.74) is 2.02. The van der Waals surface area contributed by atoms with E-state index in [4.69, 9.17) is 4.74 Å². The molecule has 0 saturated heterocycles. The zero-order valence-electron chi connectivity index (χ0n) is 10.8. The van der Waals surface area contributed by atoms with Gasteiger partial charge in [0.1, 0.15) is 17.7 Å². The van der Waals surface area contributed by atoms with Crippen LogP contribution in [0.3, 0.4) is 0 Å². The first-order valence-corrected chi connectivity index (χ1v) is 6.16. The van der Waals surface area contributed by atoms with E-state index in [1.807, 2.05) is 0 Å². The molecule has 0 radical (unpaired) electrons. The van der Waals surface area contributed by atoms with E-state index >= 15 is 0 Å². The summed E-state index contributed by atoms with van der Waals surface area (Å²) >= 11 is 0. The average Bonchev–Trinajstić information content (AvgIpc) is 3.25. The maximum Gasteiger partial charge on any atom is 0.254 e. The summed E-state index contributed by atoms with van der Waals surface area (Å²) in [5, 5.41) is 0. The van der Waals surface area contributed by atoms with E-state index in [9.17, 15) is 4.79 Å². The van der Waals surface area contributed by atoms with Crippen LogP contribution in [0.25, 0.3) is 11.4 Å². The van der Waals surface area contributed by atoms with Gasteiger partial charge in [0.15, 0.2) is 0 Å². The number of rotatable bonds is 3. The number of nitrogens with one attached hydrogen (secondary N) is 1. The fourth-order valence-corrected chi connectivity index (χ4v) is 2.01. The molecule has 1 aliphatic rings. The van der Waals surface area contributed by atoms with Crippen molar-refractivity contribution in [2.24, 2.45) is 0 Å². The van der Waals surface area contributed by atoms with Gasteiger partial charge in [-0.15, -0.1) is 0 Å². The van der Waals surface area contributed by atoms with Gasteiger partial charge in [-0.25, -0.2) is 15.0 Å². The Balaban J connectivity index is 2.21. The van der Waals surface area contributed by atoms with Crippen molar-refractivity contribution in [3.8, 4) is 17.3 Å². The summed E-state index contributed by atoms with van der Waals surface area (Å²) in [6.07, 6.45) is 5.24. The number of nitrogens with zero attached hydrogens (tertiary/aromatic N) is 3. The fourth-order valence-electron chi connectivity index (χ4n) is 2.01. The van der Waals surface area contributed by atoms with Gasteiger partial charge in [0.25, 0.3) is 5.56 Å². The standard InChI is InChI=1S/C13H14N4O2/c1-7-5-14-11(17-12(7)18)9-10(8-3-4-8)15-6-16-13(9)19-2/h5-6,8H,3-4H2,1-2H3,(H,14,17,18). The van der Waals surface area contributed by atoms with Crippen LogP contribution in [0.4, 0.5) is 0 Å². The Morgan fingerprint density at radius 1 is 1.32 bits per heavy atom. The first-order chi connectivity index (χ1) is 9.20. The van der Waals surface area contributed by atoms with Crippen molar-refractivity contribution in [1.29, 1.82) is 0 Å². The third-order valence-corrected chi connectivity index (χ3v) is 3.21. The van der Waals surface area contributed by atoms with Crippen LogP contribution in [0.1, 0.15) is 30.0 Å². The van der Waals surface area contributed by atoms with Crippen LogP contribution in [-0.2, 0) is 0 Å². The summed E-state index contributed by atoms with van der Waals surface area (Å²) in [6.45, 7) is 1.72. The first kappa shape index (κ1) is 11.8. The normalized spacial score (nSPS) is 14.4. The Kier molecular flexibility index (Phi) is 2.77. The van der Waals surface area contributed by atoms with Gasteiger partial charge in [-0.1, -0.05) is 0 Å². The highest BCUT2D eigenvalue weighted by molar-refractivity contribution is 5.65. The second-order valence-corrected chi connectivity index (χ2v) is 4.66. The number of ether oxygens (including phenoxy) is 1. The second-order valence-electron chi connectivity index (χ2n) is 4.66. The quantitative estimate of drug-likeness (QED) is 0.900. The van der Waals surface area contributed by atoms with E-state index in [2.05, 4.69) is 19.9 Å². The maximum atomic E-state index is 11.7. The minimum Gasteiger partial charge on any atom is -0.480 e. The Bertz CT molecular complexity index is 677. The average molecular weight is 258 g/mol. The SMILES string of the molecule is COc1ncnc(C2CC2)c1-c1ncc(C)c(=O)[nH]1. The number of hydrogen-bond acceptors (Lipinski definition) is 5. The molecule has 98 valence electrons. The molecule has 1 N–H and O–H groups in total. The highest BCUT2D eigenvalue weighted by Crippen LogP contribution is 2.44. The molecular weight excluding hydrogens is 244 g/mol. The van der Waals surface area contributed by atoms with Gasteiger partial charge in [-0.2, -0.15) is 0 Å². The molecule has 0 aromatic carbocycles.